The number of carbonyl (C=O) groups is 1. The van der Waals surface area contributed by atoms with Crippen molar-refractivity contribution in [3.63, 3.8) is 0 Å². The Labute approximate surface area is 108 Å². The minimum absolute atomic E-state index is 0.00472. The Hall–Kier alpha value is -1.52. The molecular weight excluding hydrogens is 258 g/mol. The van der Waals surface area contributed by atoms with Gasteiger partial charge in [0, 0.05) is 6.92 Å². The zero-order chi connectivity index (χ0) is 12.4. The van der Waals surface area contributed by atoms with Gasteiger partial charge in [-0.15, -0.1) is 11.3 Å². The third-order valence-corrected chi connectivity index (χ3v) is 3.39. The topological polar surface area (TPSA) is 40.5 Å². The molecule has 1 N–H and O–H groups in total. The number of aromatic hydroxyl groups is 1. The Kier molecular flexibility index (Phi) is 3.36. The first-order chi connectivity index (χ1) is 8.09. The van der Waals surface area contributed by atoms with Crippen molar-refractivity contribution < 1.29 is 9.90 Å². The molecule has 0 radical (unpaired) electrons. The Balaban J connectivity index is 2.47. The van der Waals surface area contributed by atoms with Crippen LogP contribution in [0.15, 0.2) is 35.7 Å². The highest BCUT2D eigenvalue weighted by atomic mass is 35.5. The van der Waals surface area contributed by atoms with Gasteiger partial charge in [0.25, 0.3) is 0 Å². The highest BCUT2D eigenvalue weighted by Gasteiger charge is 2.15. The summed E-state index contributed by atoms with van der Waals surface area (Å²) in [5.41, 5.74) is 0.641. The van der Waals surface area contributed by atoms with Gasteiger partial charge in [-0.3, -0.25) is 9.69 Å². The Morgan fingerprint density at radius 2 is 2.18 bits per heavy atom. The second kappa shape index (κ2) is 4.77. The van der Waals surface area contributed by atoms with Gasteiger partial charge in [-0.2, -0.15) is 0 Å². The maximum atomic E-state index is 11.7. The lowest BCUT2D eigenvalue weighted by atomic mass is 10.2. The van der Waals surface area contributed by atoms with E-state index in [2.05, 4.69) is 0 Å². The average molecular weight is 268 g/mol. The van der Waals surface area contributed by atoms with Crippen molar-refractivity contribution in [2.24, 2.45) is 0 Å². The van der Waals surface area contributed by atoms with E-state index in [1.807, 2.05) is 17.5 Å². The van der Waals surface area contributed by atoms with E-state index in [9.17, 15) is 9.90 Å². The van der Waals surface area contributed by atoms with Crippen molar-refractivity contribution in [3.8, 4) is 5.75 Å². The average Bonchev–Trinajstić information content (AvgIpc) is 2.76. The molecule has 0 fully saturated rings. The number of thiophene rings is 1. The molecule has 1 amide bonds. The van der Waals surface area contributed by atoms with Crippen LogP contribution in [-0.4, -0.2) is 11.0 Å². The first kappa shape index (κ1) is 12.0. The molecule has 0 bridgehead atoms. The van der Waals surface area contributed by atoms with Crippen LogP contribution in [0.2, 0.25) is 5.02 Å². The molecule has 0 aliphatic carbocycles. The van der Waals surface area contributed by atoms with Crippen LogP contribution in [0.5, 0.6) is 5.75 Å². The lowest BCUT2D eigenvalue weighted by Crippen LogP contribution is -2.21. The highest BCUT2D eigenvalue weighted by molar-refractivity contribution is 7.14. The van der Waals surface area contributed by atoms with Gasteiger partial charge in [-0.1, -0.05) is 11.6 Å². The number of hydrogen-bond donors (Lipinski definition) is 1. The SMILES string of the molecule is CC(=O)N(c1ccc(O)c(Cl)c1)c1cccs1. The fourth-order valence-corrected chi connectivity index (χ4v) is 2.46. The van der Waals surface area contributed by atoms with E-state index in [1.165, 1.54) is 24.3 Å². The smallest absolute Gasteiger partial charge is 0.229 e. The molecule has 0 unspecified atom stereocenters. The Morgan fingerprint density at radius 1 is 1.41 bits per heavy atom. The summed E-state index contributed by atoms with van der Waals surface area (Å²) in [4.78, 5) is 13.2. The van der Waals surface area contributed by atoms with Crippen LogP contribution in [0.3, 0.4) is 0 Å². The molecule has 0 aliphatic heterocycles. The van der Waals surface area contributed by atoms with Crippen LogP contribution < -0.4 is 4.90 Å². The molecule has 88 valence electrons. The molecule has 5 heteroatoms. The first-order valence-electron chi connectivity index (χ1n) is 4.92. The number of nitrogens with zero attached hydrogens (tertiary/aromatic N) is 1. The van der Waals surface area contributed by atoms with Gasteiger partial charge in [0.1, 0.15) is 10.8 Å². The maximum Gasteiger partial charge on any atom is 0.229 e. The Morgan fingerprint density at radius 3 is 2.71 bits per heavy atom. The van der Waals surface area contributed by atoms with Crippen molar-refractivity contribution >= 4 is 39.5 Å². The summed E-state index contributed by atoms with van der Waals surface area (Å²) >= 11 is 7.30. The number of hydrogen-bond acceptors (Lipinski definition) is 3. The predicted molar refractivity (Wildman–Crippen MR) is 70.3 cm³/mol. The van der Waals surface area contributed by atoms with Crippen LogP contribution in [0.1, 0.15) is 6.92 Å². The number of rotatable bonds is 2. The van der Waals surface area contributed by atoms with Crippen molar-refractivity contribution in [2.45, 2.75) is 6.92 Å². The molecule has 0 atom stereocenters. The van der Waals surface area contributed by atoms with E-state index in [4.69, 9.17) is 11.6 Å². The third kappa shape index (κ3) is 2.43. The van der Waals surface area contributed by atoms with E-state index in [-0.39, 0.29) is 16.7 Å². The molecule has 0 aliphatic rings. The number of benzene rings is 1. The van der Waals surface area contributed by atoms with E-state index < -0.39 is 0 Å². The standard InChI is InChI=1S/C12H10ClNO2S/c1-8(15)14(12-3-2-6-17-12)9-4-5-11(16)10(13)7-9/h2-7,16H,1H3. The summed E-state index contributed by atoms with van der Waals surface area (Å²) in [5, 5.41) is 12.3. The summed E-state index contributed by atoms with van der Waals surface area (Å²) in [6, 6.07) is 8.42. The van der Waals surface area contributed by atoms with Crippen molar-refractivity contribution in [2.75, 3.05) is 4.90 Å². The summed E-state index contributed by atoms with van der Waals surface area (Å²) in [5.74, 6) is -0.0979. The van der Waals surface area contributed by atoms with Gasteiger partial charge in [-0.25, -0.2) is 0 Å². The monoisotopic (exact) mass is 267 g/mol. The zero-order valence-electron chi connectivity index (χ0n) is 9.05. The molecule has 3 nitrogen and oxygen atoms in total. The highest BCUT2D eigenvalue weighted by Crippen LogP contribution is 2.34. The lowest BCUT2D eigenvalue weighted by Gasteiger charge is -2.19. The second-order valence-electron chi connectivity index (χ2n) is 3.44. The predicted octanol–water partition coefficient (Wildman–Crippen LogP) is 3.79. The summed E-state index contributed by atoms with van der Waals surface area (Å²) < 4.78 is 0. The zero-order valence-corrected chi connectivity index (χ0v) is 10.6. The Bertz CT molecular complexity index is 539. The van der Waals surface area contributed by atoms with Crippen LogP contribution in [0, 0.1) is 0 Å². The molecule has 1 aromatic carbocycles. The molecule has 0 saturated carbocycles. The molecule has 2 aromatic rings. The summed E-state index contributed by atoms with van der Waals surface area (Å²) in [6.07, 6.45) is 0. The largest absolute Gasteiger partial charge is 0.506 e. The fourth-order valence-electron chi connectivity index (χ4n) is 1.50. The minimum atomic E-state index is -0.103. The first-order valence-corrected chi connectivity index (χ1v) is 6.18. The molecule has 1 aromatic heterocycles. The minimum Gasteiger partial charge on any atom is -0.506 e. The van der Waals surface area contributed by atoms with Gasteiger partial charge in [-0.05, 0) is 35.7 Å². The number of carbonyl (C=O) groups excluding carboxylic acids is 1. The van der Waals surface area contributed by atoms with E-state index >= 15 is 0 Å². The maximum absolute atomic E-state index is 11.7. The molecular formula is C12H10ClNO2S. The van der Waals surface area contributed by atoms with E-state index in [0.29, 0.717) is 5.69 Å². The normalized spacial score (nSPS) is 10.2. The molecule has 2 rings (SSSR count). The van der Waals surface area contributed by atoms with Crippen LogP contribution in [0.4, 0.5) is 10.7 Å². The van der Waals surface area contributed by atoms with Crippen molar-refractivity contribution in [1.29, 1.82) is 0 Å². The summed E-state index contributed by atoms with van der Waals surface area (Å²) in [6.45, 7) is 1.49. The lowest BCUT2D eigenvalue weighted by molar-refractivity contribution is -0.115. The number of anilines is 2. The van der Waals surface area contributed by atoms with Gasteiger partial charge in [0.2, 0.25) is 5.91 Å². The molecule has 0 spiro atoms. The van der Waals surface area contributed by atoms with E-state index in [0.717, 1.165) is 5.00 Å². The number of amides is 1. The van der Waals surface area contributed by atoms with Crippen molar-refractivity contribution in [1.82, 2.24) is 0 Å². The van der Waals surface area contributed by atoms with Gasteiger partial charge in [0.15, 0.2) is 0 Å². The third-order valence-electron chi connectivity index (χ3n) is 2.23. The fraction of sp³-hybridized carbons (Fsp3) is 0.0833. The number of phenols is 1. The van der Waals surface area contributed by atoms with Crippen LogP contribution in [0.25, 0.3) is 0 Å². The molecule has 0 saturated heterocycles. The number of halogens is 1. The molecule has 1 heterocycles. The number of phenolic OH excluding ortho intramolecular Hbond substituents is 1. The van der Waals surface area contributed by atoms with Gasteiger partial charge in [0.05, 0.1) is 10.7 Å². The van der Waals surface area contributed by atoms with Crippen LogP contribution >= 0.6 is 22.9 Å². The summed E-state index contributed by atoms with van der Waals surface area (Å²) in [7, 11) is 0. The molecule has 17 heavy (non-hydrogen) atoms. The van der Waals surface area contributed by atoms with E-state index in [1.54, 1.807) is 17.0 Å². The van der Waals surface area contributed by atoms with Gasteiger partial charge < -0.3 is 5.11 Å². The second-order valence-corrected chi connectivity index (χ2v) is 4.77. The quantitative estimate of drug-likeness (QED) is 0.899. The van der Waals surface area contributed by atoms with Gasteiger partial charge >= 0.3 is 0 Å². The van der Waals surface area contributed by atoms with Crippen molar-refractivity contribution in [3.05, 3.63) is 40.7 Å². The van der Waals surface area contributed by atoms with Crippen LogP contribution in [-0.2, 0) is 4.79 Å².